The summed E-state index contributed by atoms with van der Waals surface area (Å²) in [7, 11) is 0. The second-order valence-corrected chi connectivity index (χ2v) is 4.45. The van der Waals surface area contributed by atoms with Crippen LogP contribution in [0.3, 0.4) is 0 Å². The first-order chi connectivity index (χ1) is 8.56. The van der Waals surface area contributed by atoms with Crippen molar-refractivity contribution in [2.24, 2.45) is 0 Å². The average Bonchev–Trinajstić information content (AvgIpc) is 2.32. The third-order valence-corrected chi connectivity index (χ3v) is 2.91. The van der Waals surface area contributed by atoms with Gasteiger partial charge in [0.25, 0.3) is 0 Å². The summed E-state index contributed by atoms with van der Waals surface area (Å²) in [6, 6.07) is 7.36. The first kappa shape index (κ1) is 13.0. The molecule has 1 nitrogen and oxygen atoms in total. The molecule has 2 aromatic carbocycles. The number of ether oxygens (including phenoxy) is 1. The van der Waals surface area contributed by atoms with Crippen LogP contribution < -0.4 is 4.74 Å². The Labute approximate surface area is 110 Å². The summed E-state index contributed by atoms with van der Waals surface area (Å²) < 4.78 is 44.5. The molecule has 0 amide bonds. The van der Waals surface area contributed by atoms with Crippen LogP contribution in [0.1, 0.15) is 5.56 Å². The molecule has 0 radical (unpaired) electrons. The topological polar surface area (TPSA) is 9.23 Å². The van der Waals surface area contributed by atoms with Crippen molar-refractivity contribution in [2.75, 3.05) is 0 Å². The molecule has 0 aromatic heterocycles. The van der Waals surface area contributed by atoms with Gasteiger partial charge in [0.2, 0.25) is 0 Å². The van der Waals surface area contributed by atoms with Gasteiger partial charge in [0.1, 0.15) is 29.8 Å². The van der Waals surface area contributed by atoms with E-state index < -0.39 is 17.5 Å². The van der Waals surface area contributed by atoms with Crippen LogP contribution in [0.5, 0.6) is 5.75 Å². The first-order valence-electron chi connectivity index (χ1n) is 5.08. The van der Waals surface area contributed by atoms with Crippen LogP contribution in [0.2, 0.25) is 0 Å². The third kappa shape index (κ3) is 3.04. The highest BCUT2D eigenvalue weighted by Crippen LogP contribution is 2.22. The minimum atomic E-state index is -0.670. The highest BCUT2D eigenvalue weighted by molar-refractivity contribution is 9.10. The predicted octanol–water partition coefficient (Wildman–Crippen LogP) is 4.45. The van der Waals surface area contributed by atoms with E-state index in [1.165, 1.54) is 24.3 Å². The largest absolute Gasteiger partial charge is 0.489 e. The Morgan fingerprint density at radius 3 is 2.39 bits per heavy atom. The molecule has 2 rings (SSSR count). The van der Waals surface area contributed by atoms with Crippen LogP contribution in [0, 0.1) is 17.5 Å². The lowest BCUT2D eigenvalue weighted by atomic mass is 10.2. The zero-order valence-corrected chi connectivity index (χ0v) is 10.7. The zero-order chi connectivity index (χ0) is 13.1. The molecular weight excluding hydrogens is 309 g/mol. The van der Waals surface area contributed by atoms with Crippen LogP contribution >= 0.6 is 15.9 Å². The normalized spacial score (nSPS) is 10.4. The van der Waals surface area contributed by atoms with Crippen LogP contribution in [-0.2, 0) is 6.61 Å². The van der Waals surface area contributed by atoms with Crippen molar-refractivity contribution in [3.05, 3.63) is 63.9 Å². The van der Waals surface area contributed by atoms with Crippen molar-refractivity contribution in [2.45, 2.75) is 6.61 Å². The van der Waals surface area contributed by atoms with Crippen molar-refractivity contribution >= 4 is 15.9 Å². The predicted molar refractivity (Wildman–Crippen MR) is 64.8 cm³/mol. The Bertz CT molecular complexity index is 572. The molecule has 0 bridgehead atoms. The fraction of sp³-hybridized carbons (Fsp3) is 0.0769. The molecule has 0 saturated heterocycles. The standard InChI is InChI=1S/C13H8BrF3O/c14-11-6-10(3-4-12(11)16)18-7-8-1-2-9(15)5-13(8)17/h1-6H,7H2. The van der Waals surface area contributed by atoms with Crippen molar-refractivity contribution in [3.63, 3.8) is 0 Å². The number of rotatable bonds is 3. The first-order valence-corrected chi connectivity index (χ1v) is 5.87. The molecule has 94 valence electrons. The quantitative estimate of drug-likeness (QED) is 0.813. The zero-order valence-electron chi connectivity index (χ0n) is 9.09. The Hall–Kier alpha value is -1.49. The van der Waals surface area contributed by atoms with Gasteiger partial charge in [-0.05, 0) is 46.3 Å². The highest BCUT2D eigenvalue weighted by atomic mass is 79.9. The van der Waals surface area contributed by atoms with Gasteiger partial charge in [0.15, 0.2) is 0 Å². The molecule has 0 heterocycles. The fourth-order valence-corrected chi connectivity index (χ4v) is 1.72. The molecule has 0 aliphatic rings. The number of halogens is 4. The van der Waals surface area contributed by atoms with Gasteiger partial charge in [-0.15, -0.1) is 0 Å². The van der Waals surface area contributed by atoms with Crippen molar-refractivity contribution in [1.29, 1.82) is 0 Å². The molecule has 0 aliphatic carbocycles. The molecule has 0 saturated carbocycles. The highest BCUT2D eigenvalue weighted by Gasteiger charge is 2.06. The second kappa shape index (κ2) is 5.44. The van der Waals surface area contributed by atoms with Gasteiger partial charge >= 0.3 is 0 Å². The summed E-state index contributed by atoms with van der Waals surface area (Å²) in [5.41, 5.74) is 0.233. The Morgan fingerprint density at radius 2 is 1.72 bits per heavy atom. The minimum Gasteiger partial charge on any atom is -0.489 e. The summed E-state index contributed by atoms with van der Waals surface area (Å²) in [6.45, 7) is -0.0514. The number of benzene rings is 2. The minimum absolute atomic E-state index is 0.0514. The molecule has 0 aliphatic heterocycles. The lowest BCUT2D eigenvalue weighted by molar-refractivity contribution is 0.298. The van der Waals surface area contributed by atoms with Gasteiger partial charge in [0.05, 0.1) is 4.47 Å². The van der Waals surface area contributed by atoms with Crippen molar-refractivity contribution < 1.29 is 17.9 Å². The summed E-state index contributed by atoms with van der Waals surface area (Å²) >= 11 is 3.02. The van der Waals surface area contributed by atoms with Gasteiger partial charge in [-0.3, -0.25) is 0 Å². The lowest BCUT2D eigenvalue weighted by Gasteiger charge is -2.07. The molecule has 2 aromatic rings. The Kier molecular flexibility index (Phi) is 3.91. The molecule has 0 fully saturated rings. The number of hydrogen-bond donors (Lipinski definition) is 0. The third-order valence-electron chi connectivity index (χ3n) is 2.30. The smallest absolute Gasteiger partial charge is 0.137 e. The maximum absolute atomic E-state index is 13.3. The fourth-order valence-electron chi connectivity index (χ4n) is 1.37. The van der Waals surface area contributed by atoms with E-state index in [1.807, 2.05) is 0 Å². The van der Waals surface area contributed by atoms with E-state index in [1.54, 1.807) is 0 Å². The van der Waals surface area contributed by atoms with E-state index in [9.17, 15) is 13.2 Å². The molecule has 0 spiro atoms. The van der Waals surface area contributed by atoms with Crippen molar-refractivity contribution in [1.82, 2.24) is 0 Å². The maximum Gasteiger partial charge on any atom is 0.137 e. The monoisotopic (exact) mass is 316 g/mol. The molecule has 0 unspecified atom stereocenters. The van der Waals surface area contributed by atoms with Crippen LogP contribution in [-0.4, -0.2) is 0 Å². The Morgan fingerprint density at radius 1 is 0.944 bits per heavy atom. The lowest BCUT2D eigenvalue weighted by Crippen LogP contribution is -1.99. The molecular formula is C13H8BrF3O. The van der Waals surface area contributed by atoms with Crippen LogP contribution in [0.15, 0.2) is 40.9 Å². The van der Waals surface area contributed by atoms with E-state index in [4.69, 9.17) is 4.74 Å². The maximum atomic E-state index is 13.3. The Balaban J connectivity index is 2.09. The summed E-state index contributed by atoms with van der Waals surface area (Å²) in [5, 5.41) is 0. The summed E-state index contributed by atoms with van der Waals surface area (Å²) in [5.74, 6) is -1.32. The van der Waals surface area contributed by atoms with E-state index in [-0.39, 0.29) is 16.6 Å². The molecule has 0 N–H and O–H groups in total. The van der Waals surface area contributed by atoms with E-state index in [0.717, 1.165) is 12.1 Å². The van der Waals surface area contributed by atoms with E-state index in [0.29, 0.717) is 5.75 Å². The SMILES string of the molecule is Fc1ccc(COc2ccc(F)c(Br)c2)c(F)c1. The average molecular weight is 317 g/mol. The molecule has 5 heteroatoms. The van der Waals surface area contributed by atoms with Gasteiger partial charge in [-0.25, -0.2) is 13.2 Å². The van der Waals surface area contributed by atoms with Crippen LogP contribution in [0.25, 0.3) is 0 Å². The second-order valence-electron chi connectivity index (χ2n) is 3.60. The van der Waals surface area contributed by atoms with E-state index in [2.05, 4.69) is 15.9 Å². The van der Waals surface area contributed by atoms with Gasteiger partial charge in [0, 0.05) is 11.6 Å². The van der Waals surface area contributed by atoms with Crippen molar-refractivity contribution in [3.8, 4) is 5.75 Å². The van der Waals surface area contributed by atoms with Gasteiger partial charge < -0.3 is 4.74 Å². The molecule has 18 heavy (non-hydrogen) atoms. The van der Waals surface area contributed by atoms with E-state index >= 15 is 0 Å². The van der Waals surface area contributed by atoms with Gasteiger partial charge in [-0.2, -0.15) is 0 Å². The number of hydrogen-bond acceptors (Lipinski definition) is 1. The summed E-state index contributed by atoms with van der Waals surface area (Å²) in [6.07, 6.45) is 0. The van der Waals surface area contributed by atoms with Crippen LogP contribution in [0.4, 0.5) is 13.2 Å². The van der Waals surface area contributed by atoms with Gasteiger partial charge in [-0.1, -0.05) is 0 Å². The summed E-state index contributed by atoms with van der Waals surface area (Å²) in [4.78, 5) is 0. The molecule has 0 atom stereocenters.